The lowest BCUT2D eigenvalue weighted by molar-refractivity contribution is -0.122. The summed E-state index contributed by atoms with van der Waals surface area (Å²) in [5, 5.41) is 2.76. The number of hydrogen-bond donors (Lipinski definition) is 1. The van der Waals surface area contributed by atoms with Crippen LogP contribution in [0.2, 0.25) is 0 Å². The minimum atomic E-state index is -4.09. The monoisotopic (exact) mass is 361 g/mol. The molecular formula is C15H21F2N3O3S. The summed E-state index contributed by atoms with van der Waals surface area (Å²) in [7, 11) is -4.09. The van der Waals surface area contributed by atoms with E-state index in [9.17, 15) is 22.0 Å². The lowest BCUT2D eigenvalue weighted by Gasteiger charge is -2.33. The van der Waals surface area contributed by atoms with Gasteiger partial charge in [-0.05, 0) is 24.6 Å². The molecule has 0 radical (unpaired) electrons. The zero-order valence-corrected chi connectivity index (χ0v) is 14.3. The van der Waals surface area contributed by atoms with Gasteiger partial charge in [0.05, 0.1) is 6.54 Å². The highest BCUT2D eigenvalue weighted by molar-refractivity contribution is 7.89. The highest BCUT2D eigenvalue weighted by atomic mass is 32.2. The quantitative estimate of drug-likeness (QED) is 0.814. The molecule has 24 heavy (non-hydrogen) atoms. The van der Waals surface area contributed by atoms with Gasteiger partial charge in [0.1, 0.15) is 16.5 Å². The van der Waals surface area contributed by atoms with E-state index >= 15 is 0 Å². The number of sulfonamides is 1. The fourth-order valence-electron chi connectivity index (χ4n) is 2.47. The smallest absolute Gasteiger partial charge is 0.246 e. The predicted molar refractivity (Wildman–Crippen MR) is 84.9 cm³/mol. The highest BCUT2D eigenvalue weighted by Crippen LogP contribution is 2.21. The van der Waals surface area contributed by atoms with E-state index < -0.39 is 26.6 Å². The van der Waals surface area contributed by atoms with Gasteiger partial charge in [-0.25, -0.2) is 17.2 Å². The van der Waals surface area contributed by atoms with Crippen molar-refractivity contribution in [1.29, 1.82) is 0 Å². The van der Waals surface area contributed by atoms with Crippen molar-refractivity contribution in [2.75, 3.05) is 39.3 Å². The van der Waals surface area contributed by atoms with E-state index in [1.165, 1.54) is 0 Å². The minimum Gasteiger partial charge on any atom is -0.355 e. The summed E-state index contributed by atoms with van der Waals surface area (Å²) in [4.78, 5) is 12.9. The average molecular weight is 361 g/mol. The van der Waals surface area contributed by atoms with Crippen LogP contribution >= 0.6 is 0 Å². The molecular weight excluding hydrogens is 340 g/mol. The third-order valence-corrected chi connectivity index (χ3v) is 5.70. The zero-order chi connectivity index (χ0) is 17.7. The summed E-state index contributed by atoms with van der Waals surface area (Å²) in [5.74, 6) is -1.89. The molecule has 1 heterocycles. The van der Waals surface area contributed by atoms with Gasteiger partial charge in [0.15, 0.2) is 0 Å². The van der Waals surface area contributed by atoms with Crippen LogP contribution in [0.3, 0.4) is 0 Å². The number of hydrogen-bond acceptors (Lipinski definition) is 4. The van der Waals surface area contributed by atoms with Crippen LogP contribution in [-0.4, -0.2) is 62.8 Å². The first-order valence-electron chi connectivity index (χ1n) is 7.79. The largest absolute Gasteiger partial charge is 0.355 e. The molecule has 0 aromatic heterocycles. The third-order valence-electron chi connectivity index (χ3n) is 3.78. The van der Waals surface area contributed by atoms with E-state index in [4.69, 9.17) is 0 Å². The summed E-state index contributed by atoms with van der Waals surface area (Å²) < 4.78 is 53.0. The van der Waals surface area contributed by atoms with Gasteiger partial charge in [-0.3, -0.25) is 9.69 Å². The average Bonchev–Trinajstić information content (AvgIpc) is 2.55. The van der Waals surface area contributed by atoms with Gasteiger partial charge in [0, 0.05) is 32.7 Å². The van der Waals surface area contributed by atoms with Crippen LogP contribution in [0.5, 0.6) is 0 Å². The first-order chi connectivity index (χ1) is 11.3. The van der Waals surface area contributed by atoms with Crippen LogP contribution < -0.4 is 5.32 Å². The van der Waals surface area contributed by atoms with Crippen molar-refractivity contribution in [2.45, 2.75) is 18.2 Å². The normalized spacial score (nSPS) is 17.0. The Hall–Kier alpha value is -1.58. The summed E-state index contributed by atoms with van der Waals surface area (Å²) >= 11 is 0. The number of carbonyl (C=O) groups is 1. The Bertz CT molecular complexity index is 689. The van der Waals surface area contributed by atoms with Crippen LogP contribution in [0.4, 0.5) is 8.78 Å². The third kappa shape index (κ3) is 4.49. The molecule has 1 aromatic rings. The van der Waals surface area contributed by atoms with Gasteiger partial charge < -0.3 is 5.32 Å². The molecule has 0 aliphatic carbocycles. The molecule has 2 rings (SSSR count). The van der Waals surface area contributed by atoms with Crippen molar-refractivity contribution in [3.8, 4) is 0 Å². The number of rotatable bonds is 6. The fourth-order valence-corrected chi connectivity index (χ4v) is 3.96. The van der Waals surface area contributed by atoms with E-state index in [1.54, 1.807) is 0 Å². The Morgan fingerprint density at radius 3 is 2.50 bits per heavy atom. The van der Waals surface area contributed by atoms with E-state index in [0.29, 0.717) is 25.7 Å². The molecule has 0 spiro atoms. The number of piperazine rings is 1. The molecule has 9 heteroatoms. The number of benzene rings is 1. The lowest BCUT2D eigenvalue weighted by atomic mass is 10.3. The van der Waals surface area contributed by atoms with Gasteiger partial charge in [-0.15, -0.1) is 0 Å². The molecule has 1 N–H and O–H groups in total. The molecule has 1 fully saturated rings. The lowest BCUT2D eigenvalue weighted by Crippen LogP contribution is -2.51. The van der Waals surface area contributed by atoms with Crippen molar-refractivity contribution in [2.24, 2.45) is 0 Å². The Kier molecular flexibility index (Phi) is 6.25. The Labute approximate surface area is 140 Å². The molecule has 1 aliphatic rings. The second-order valence-corrected chi connectivity index (χ2v) is 7.51. The van der Waals surface area contributed by atoms with Gasteiger partial charge in [-0.1, -0.05) is 6.92 Å². The van der Waals surface area contributed by atoms with Gasteiger partial charge >= 0.3 is 0 Å². The SMILES string of the molecule is CCCNC(=O)CN1CCN(S(=O)(=O)c2cc(F)ccc2F)CC1. The van der Waals surface area contributed by atoms with Crippen LogP contribution in [-0.2, 0) is 14.8 Å². The van der Waals surface area contributed by atoms with Crippen molar-refractivity contribution < 1.29 is 22.0 Å². The first-order valence-corrected chi connectivity index (χ1v) is 9.23. The number of nitrogens with one attached hydrogen (secondary N) is 1. The molecule has 1 aromatic carbocycles. The standard InChI is InChI=1S/C15H21F2N3O3S/c1-2-5-18-15(21)11-19-6-8-20(9-7-19)24(22,23)14-10-12(16)3-4-13(14)17/h3-4,10H,2,5-9,11H2,1H3,(H,18,21). The van der Waals surface area contributed by atoms with Gasteiger partial charge in [-0.2, -0.15) is 4.31 Å². The first kappa shape index (κ1) is 18.8. The molecule has 0 bridgehead atoms. The van der Waals surface area contributed by atoms with E-state index in [1.807, 2.05) is 11.8 Å². The molecule has 134 valence electrons. The summed E-state index contributed by atoms with van der Waals surface area (Å²) in [6.45, 7) is 3.72. The Balaban J connectivity index is 1.98. The van der Waals surface area contributed by atoms with Crippen molar-refractivity contribution >= 4 is 15.9 Å². The number of amides is 1. The molecule has 0 saturated carbocycles. The van der Waals surface area contributed by atoms with E-state index in [0.717, 1.165) is 22.9 Å². The minimum absolute atomic E-state index is 0.107. The van der Waals surface area contributed by atoms with E-state index in [2.05, 4.69) is 5.32 Å². The maximum atomic E-state index is 13.8. The van der Waals surface area contributed by atoms with Crippen molar-refractivity contribution in [3.63, 3.8) is 0 Å². The second-order valence-electron chi connectivity index (χ2n) is 5.60. The highest BCUT2D eigenvalue weighted by Gasteiger charge is 2.31. The molecule has 1 aliphatic heterocycles. The maximum absolute atomic E-state index is 13.8. The number of carbonyl (C=O) groups excluding carboxylic acids is 1. The summed E-state index contributed by atoms with van der Waals surface area (Å²) in [5.41, 5.74) is 0. The molecule has 1 saturated heterocycles. The fraction of sp³-hybridized carbons (Fsp3) is 0.533. The number of halogens is 2. The maximum Gasteiger partial charge on any atom is 0.246 e. The van der Waals surface area contributed by atoms with Crippen LogP contribution in [0, 0.1) is 11.6 Å². The van der Waals surface area contributed by atoms with Crippen molar-refractivity contribution in [3.05, 3.63) is 29.8 Å². The van der Waals surface area contributed by atoms with Crippen LogP contribution in [0.1, 0.15) is 13.3 Å². The Morgan fingerprint density at radius 1 is 1.21 bits per heavy atom. The summed E-state index contributed by atoms with van der Waals surface area (Å²) in [6.07, 6.45) is 0.844. The topological polar surface area (TPSA) is 69.7 Å². The predicted octanol–water partition coefficient (Wildman–Crippen LogP) is 0.797. The second kappa shape index (κ2) is 8.00. The number of nitrogens with zero attached hydrogens (tertiary/aromatic N) is 2. The van der Waals surface area contributed by atoms with Crippen LogP contribution in [0.15, 0.2) is 23.1 Å². The Morgan fingerprint density at radius 2 is 1.88 bits per heavy atom. The molecule has 1 amide bonds. The van der Waals surface area contributed by atoms with Crippen molar-refractivity contribution in [1.82, 2.24) is 14.5 Å². The van der Waals surface area contributed by atoms with Crippen LogP contribution in [0.25, 0.3) is 0 Å². The van der Waals surface area contributed by atoms with E-state index in [-0.39, 0.29) is 25.5 Å². The van der Waals surface area contributed by atoms with Gasteiger partial charge in [0.2, 0.25) is 15.9 Å². The molecule has 0 unspecified atom stereocenters. The van der Waals surface area contributed by atoms with Gasteiger partial charge in [0.25, 0.3) is 0 Å². The molecule has 0 atom stereocenters. The zero-order valence-electron chi connectivity index (χ0n) is 13.5. The summed E-state index contributed by atoms with van der Waals surface area (Å²) in [6, 6.07) is 2.37. The molecule has 6 nitrogen and oxygen atoms in total.